The van der Waals surface area contributed by atoms with E-state index in [1.54, 1.807) is 6.92 Å². The molecule has 0 spiro atoms. The van der Waals surface area contributed by atoms with E-state index in [0.717, 1.165) is 12.1 Å². The molecule has 1 saturated carbocycles. The van der Waals surface area contributed by atoms with Crippen molar-refractivity contribution < 1.29 is 9.32 Å². The third-order valence-corrected chi connectivity index (χ3v) is 4.56. The lowest BCUT2D eigenvalue weighted by molar-refractivity contribution is 0.0933. The quantitative estimate of drug-likeness (QED) is 0.919. The van der Waals surface area contributed by atoms with Crippen LogP contribution in [0.3, 0.4) is 0 Å². The van der Waals surface area contributed by atoms with Crippen molar-refractivity contribution in [3.8, 4) is 0 Å². The number of carbonyl (C=O) groups is 1. The van der Waals surface area contributed by atoms with Gasteiger partial charge in [0.2, 0.25) is 0 Å². The zero-order valence-electron chi connectivity index (χ0n) is 13.3. The Morgan fingerprint density at radius 2 is 2.14 bits per heavy atom. The average molecular weight is 298 g/mol. The second kappa shape index (κ2) is 5.95. The van der Waals surface area contributed by atoms with Crippen molar-refractivity contribution in [3.63, 3.8) is 0 Å². The summed E-state index contributed by atoms with van der Waals surface area (Å²) in [5.74, 6) is 1.60. The summed E-state index contributed by atoms with van der Waals surface area (Å²) in [6.45, 7) is 5.85. The van der Waals surface area contributed by atoms with Gasteiger partial charge in [0.15, 0.2) is 0 Å². The fourth-order valence-electron chi connectivity index (χ4n) is 3.19. The predicted octanol–water partition coefficient (Wildman–Crippen LogP) is 3.47. The van der Waals surface area contributed by atoms with Crippen LogP contribution in [0.5, 0.6) is 0 Å². The van der Waals surface area contributed by atoms with Gasteiger partial charge in [0.1, 0.15) is 11.3 Å². The molecule has 1 aromatic heterocycles. The third-order valence-electron chi connectivity index (χ3n) is 4.56. The number of nitrogens with one attached hydrogen (secondary N) is 1. The van der Waals surface area contributed by atoms with E-state index in [9.17, 15) is 4.79 Å². The Bertz CT molecular complexity index is 663. The molecular formula is C18H22N2O2. The molecule has 0 aliphatic heterocycles. The van der Waals surface area contributed by atoms with E-state index in [4.69, 9.17) is 4.52 Å². The first kappa shape index (κ1) is 14.8. The van der Waals surface area contributed by atoms with Crippen LogP contribution in [0.2, 0.25) is 0 Å². The number of hydrogen-bond acceptors (Lipinski definition) is 3. The first-order valence-corrected chi connectivity index (χ1v) is 7.92. The predicted molar refractivity (Wildman–Crippen MR) is 84.8 cm³/mol. The highest BCUT2D eigenvalue weighted by Gasteiger charge is 2.42. The Morgan fingerprint density at radius 1 is 1.41 bits per heavy atom. The van der Waals surface area contributed by atoms with Crippen LogP contribution in [0.25, 0.3) is 0 Å². The molecule has 0 saturated heterocycles. The molecule has 1 fully saturated rings. The minimum Gasteiger partial charge on any atom is -0.361 e. The lowest BCUT2D eigenvalue weighted by Gasteiger charge is -2.14. The molecule has 1 aromatic carbocycles. The molecule has 4 heteroatoms. The molecule has 22 heavy (non-hydrogen) atoms. The van der Waals surface area contributed by atoms with Crippen molar-refractivity contribution in [1.29, 1.82) is 0 Å². The van der Waals surface area contributed by atoms with Gasteiger partial charge in [-0.3, -0.25) is 4.79 Å². The van der Waals surface area contributed by atoms with E-state index in [0.29, 0.717) is 29.6 Å². The normalized spacial score (nSPS) is 21.4. The van der Waals surface area contributed by atoms with E-state index in [2.05, 4.69) is 41.7 Å². The first-order valence-electron chi connectivity index (χ1n) is 7.92. The van der Waals surface area contributed by atoms with Crippen LogP contribution in [-0.2, 0) is 6.42 Å². The van der Waals surface area contributed by atoms with Crippen LogP contribution in [0, 0.1) is 12.8 Å². The molecule has 0 radical (unpaired) electrons. The lowest BCUT2D eigenvalue weighted by Crippen LogP contribution is -2.35. The minimum absolute atomic E-state index is 0.0678. The van der Waals surface area contributed by atoms with Gasteiger partial charge in [-0.1, -0.05) is 42.4 Å². The van der Waals surface area contributed by atoms with E-state index in [-0.39, 0.29) is 11.9 Å². The van der Waals surface area contributed by atoms with Crippen molar-refractivity contribution in [1.82, 2.24) is 10.5 Å². The number of nitrogens with zero attached hydrogens (tertiary/aromatic N) is 1. The van der Waals surface area contributed by atoms with Crippen molar-refractivity contribution in [2.75, 3.05) is 0 Å². The van der Waals surface area contributed by atoms with Crippen molar-refractivity contribution >= 4 is 5.91 Å². The molecule has 116 valence electrons. The number of hydrogen-bond donors (Lipinski definition) is 1. The highest BCUT2D eigenvalue weighted by Crippen LogP contribution is 2.49. The maximum Gasteiger partial charge on any atom is 0.257 e. The zero-order valence-corrected chi connectivity index (χ0v) is 13.3. The Hall–Kier alpha value is -2.10. The van der Waals surface area contributed by atoms with Gasteiger partial charge in [0.05, 0.1) is 5.69 Å². The second-order valence-electron chi connectivity index (χ2n) is 6.09. The van der Waals surface area contributed by atoms with Crippen LogP contribution in [-0.4, -0.2) is 17.1 Å². The molecule has 1 amide bonds. The van der Waals surface area contributed by atoms with Gasteiger partial charge in [0.25, 0.3) is 5.91 Å². The zero-order chi connectivity index (χ0) is 15.7. The SMILES string of the molecule is CCc1noc(C)c1C(=O)N[C@H](C)[C@H]1C[C@@H]1c1ccccc1. The van der Waals surface area contributed by atoms with Crippen molar-refractivity contribution in [3.05, 3.63) is 52.9 Å². The van der Waals surface area contributed by atoms with Crippen LogP contribution in [0.15, 0.2) is 34.9 Å². The Labute approximate surface area is 130 Å². The van der Waals surface area contributed by atoms with Gasteiger partial charge in [-0.05, 0) is 44.1 Å². The molecule has 1 aliphatic carbocycles. The van der Waals surface area contributed by atoms with Gasteiger partial charge in [-0.2, -0.15) is 0 Å². The van der Waals surface area contributed by atoms with E-state index >= 15 is 0 Å². The van der Waals surface area contributed by atoms with Crippen LogP contribution < -0.4 is 5.32 Å². The molecule has 4 nitrogen and oxygen atoms in total. The molecule has 1 N–H and O–H groups in total. The standard InChI is InChI=1S/C18H22N2O2/c1-4-16-17(12(3)22-20-16)18(21)19-11(2)14-10-15(14)13-8-6-5-7-9-13/h5-9,11,14-15H,4,10H2,1-3H3,(H,19,21)/t11-,14-,15-/m1/s1. The number of rotatable bonds is 5. The van der Waals surface area contributed by atoms with Crippen molar-refractivity contribution in [2.24, 2.45) is 5.92 Å². The summed E-state index contributed by atoms with van der Waals surface area (Å²) in [5.41, 5.74) is 2.70. The number of carbonyl (C=O) groups excluding carboxylic acids is 1. The van der Waals surface area contributed by atoms with Crippen LogP contribution in [0.4, 0.5) is 0 Å². The topological polar surface area (TPSA) is 55.1 Å². The summed E-state index contributed by atoms with van der Waals surface area (Å²) >= 11 is 0. The average Bonchev–Trinajstić information content (AvgIpc) is 3.24. The molecular weight excluding hydrogens is 276 g/mol. The summed E-state index contributed by atoms with van der Waals surface area (Å²) in [4.78, 5) is 12.5. The number of aromatic nitrogens is 1. The van der Waals surface area contributed by atoms with E-state index < -0.39 is 0 Å². The maximum absolute atomic E-state index is 12.5. The maximum atomic E-state index is 12.5. The number of benzene rings is 1. The van der Waals surface area contributed by atoms with Crippen molar-refractivity contribution in [2.45, 2.75) is 45.6 Å². The highest BCUT2D eigenvalue weighted by atomic mass is 16.5. The van der Waals surface area contributed by atoms with Gasteiger partial charge in [-0.25, -0.2) is 0 Å². The second-order valence-corrected chi connectivity index (χ2v) is 6.09. The molecule has 1 heterocycles. The minimum atomic E-state index is -0.0678. The fraction of sp³-hybridized carbons (Fsp3) is 0.444. The molecule has 3 atom stereocenters. The van der Waals surface area contributed by atoms with Crippen LogP contribution >= 0.6 is 0 Å². The number of amides is 1. The van der Waals surface area contributed by atoms with Crippen LogP contribution in [0.1, 0.15) is 53.6 Å². The summed E-state index contributed by atoms with van der Waals surface area (Å²) in [5, 5.41) is 7.07. The Morgan fingerprint density at radius 3 is 2.82 bits per heavy atom. The third kappa shape index (κ3) is 2.78. The van der Waals surface area contributed by atoms with Gasteiger partial charge >= 0.3 is 0 Å². The summed E-state index contributed by atoms with van der Waals surface area (Å²) < 4.78 is 5.14. The Kier molecular flexibility index (Phi) is 4.01. The summed E-state index contributed by atoms with van der Waals surface area (Å²) in [6.07, 6.45) is 1.83. The molecule has 0 unspecified atom stereocenters. The largest absolute Gasteiger partial charge is 0.361 e. The van der Waals surface area contributed by atoms with E-state index in [1.165, 1.54) is 5.56 Å². The smallest absolute Gasteiger partial charge is 0.257 e. The highest BCUT2D eigenvalue weighted by molar-refractivity contribution is 5.96. The first-order chi connectivity index (χ1) is 10.6. The van der Waals surface area contributed by atoms with Gasteiger partial charge in [0, 0.05) is 6.04 Å². The molecule has 2 aromatic rings. The van der Waals surface area contributed by atoms with Gasteiger partial charge < -0.3 is 9.84 Å². The molecule has 0 bridgehead atoms. The summed E-state index contributed by atoms with van der Waals surface area (Å²) in [7, 11) is 0. The monoisotopic (exact) mass is 298 g/mol. The lowest BCUT2D eigenvalue weighted by atomic mass is 10.1. The Balaban J connectivity index is 1.64. The van der Waals surface area contributed by atoms with Gasteiger partial charge in [-0.15, -0.1) is 0 Å². The fourth-order valence-corrected chi connectivity index (χ4v) is 3.19. The molecule has 3 rings (SSSR count). The molecule has 1 aliphatic rings. The number of aryl methyl sites for hydroxylation is 2. The summed E-state index contributed by atoms with van der Waals surface area (Å²) in [6, 6.07) is 10.7. The van der Waals surface area contributed by atoms with E-state index in [1.807, 2.05) is 13.0 Å².